The van der Waals surface area contributed by atoms with Gasteiger partial charge < -0.3 is 10.1 Å². The van der Waals surface area contributed by atoms with Crippen molar-refractivity contribution in [2.75, 3.05) is 11.9 Å². The van der Waals surface area contributed by atoms with Gasteiger partial charge in [-0.1, -0.05) is 12.1 Å². The van der Waals surface area contributed by atoms with Gasteiger partial charge >= 0.3 is 0 Å². The van der Waals surface area contributed by atoms with Crippen LogP contribution < -0.4 is 10.1 Å². The molecule has 1 aromatic carbocycles. The highest BCUT2D eigenvalue weighted by Crippen LogP contribution is 2.32. The van der Waals surface area contributed by atoms with Crippen LogP contribution in [0, 0.1) is 0 Å². The van der Waals surface area contributed by atoms with Gasteiger partial charge in [-0.15, -0.1) is 22.7 Å². The zero-order chi connectivity index (χ0) is 16.1. The second-order valence-electron chi connectivity index (χ2n) is 4.64. The van der Waals surface area contributed by atoms with Crippen LogP contribution in [0.15, 0.2) is 41.2 Å². The van der Waals surface area contributed by atoms with E-state index in [1.165, 1.54) is 22.7 Å². The Labute approximate surface area is 142 Å². The minimum atomic E-state index is -0.116. The molecular weight excluding hydrogens is 330 g/mol. The van der Waals surface area contributed by atoms with Gasteiger partial charge in [-0.3, -0.25) is 4.79 Å². The number of rotatable bonds is 6. The van der Waals surface area contributed by atoms with Gasteiger partial charge in [0.2, 0.25) is 5.91 Å². The molecule has 0 spiro atoms. The van der Waals surface area contributed by atoms with Crippen molar-refractivity contribution in [3.63, 3.8) is 0 Å². The first-order valence-corrected chi connectivity index (χ1v) is 8.88. The van der Waals surface area contributed by atoms with E-state index in [4.69, 9.17) is 4.74 Å². The summed E-state index contributed by atoms with van der Waals surface area (Å²) in [5.74, 6) is 0.693. The number of amides is 1. The van der Waals surface area contributed by atoms with Crippen molar-refractivity contribution >= 4 is 33.7 Å². The number of ether oxygens (including phenoxy) is 1. The molecule has 0 aliphatic rings. The number of aromatic nitrogens is 2. The van der Waals surface area contributed by atoms with E-state index >= 15 is 0 Å². The molecule has 5 nitrogen and oxygen atoms in total. The first-order valence-electron chi connectivity index (χ1n) is 7.12. The zero-order valence-electron chi connectivity index (χ0n) is 12.5. The Bertz CT molecular complexity index is 784. The average molecular weight is 345 g/mol. The quantitative estimate of drug-likeness (QED) is 0.737. The van der Waals surface area contributed by atoms with Crippen LogP contribution in [-0.4, -0.2) is 22.5 Å². The predicted octanol–water partition coefficient (Wildman–Crippen LogP) is 3.85. The molecule has 1 amide bonds. The van der Waals surface area contributed by atoms with Gasteiger partial charge in [0.05, 0.1) is 24.3 Å². The molecule has 0 aliphatic heterocycles. The van der Waals surface area contributed by atoms with E-state index in [1.54, 1.807) is 6.20 Å². The van der Waals surface area contributed by atoms with Gasteiger partial charge in [-0.25, -0.2) is 9.97 Å². The number of thiazole rings is 2. The van der Waals surface area contributed by atoms with Crippen LogP contribution in [0.4, 0.5) is 5.13 Å². The molecule has 0 unspecified atom stereocenters. The summed E-state index contributed by atoms with van der Waals surface area (Å²) in [6.07, 6.45) is 1.89. The maximum atomic E-state index is 12.0. The summed E-state index contributed by atoms with van der Waals surface area (Å²) in [6, 6.07) is 7.79. The zero-order valence-corrected chi connectivity index (χ0v) is 14.1. The van der Waals surface area contributed by atoms with Gasteiger partial charge in [0.25, 0.3) is 0 Å². The van der Waals surface area contributed by atoms with Crippen molar-refractivity contribution in [3.8, 4) is 16.3 Å². The fraction of sp³-hybridized carbons (Fsp3) is 0.188. The summed E-state index contributed by atoms with van der Waals surface area (Å²) in [5.41, 5.74) is 1.69. The molecule has 0 saturated carbocycles. The van der Waals surface area contributed by atoms with E-state index in [0.717, 1.165) is 22.0 Å². The van der Waals surface area contributed by atoms with Crippen molar-refractivity contribution in [3.05, 3.63) is 46.9 Å². The number of para-hydroxylation sites is 1. The minimum Gasteiger partial charge on any atom is -0.493 e. The minimum absolute atomic E-state index is 0.116. The molecule has 0 fully saturated rings. The Balaban J connectivity index is 1.72. The maximum Gasteiger partial charge on any atom is 0.232 e. The third-order valence-electron chi connectivity index (χ3n) is 2.99. The Hall–Kier alpha value is -2.25. The fourth-order valence-corrected chi connectivity index (χ4v) is 3.44. The summed E-state index contributed by atoms with van der Waals surface area (Å²) in [4.78, 5) is 20.6. The number of nitrogens with zero attached hydrogens (tertiary/aromatic N) is 2. The number of anilines is 1. The van der Waals surface area contributed by atoms with E-state index in [-0.39, 0.29) is 12.3 Å². The molecule has 0 aliphatic carbocycles. The summed E-state index contributed by atoms with van der Waals surface area (Å²) in [6.45, 7) is 2.55. The van der Waals surface area contributed by atoms with E-state index < -0.39 is 0 Å². The van der Waals surface area contributed by atoms with Gasteiger partial charge in [-0.05, 0) is 19.1 Å². The Morgan fingerprint density at radius 1 is 1.30 bits per heavy atom. The van der Waals surface area contributed by atoms with Crippen molar-refractivity contribution in [2.45, 2.75) is 13.3 Å². The van der Waals surface area contributed by atoms with Crippen molar-refractivity contribution in [1.29, 1.82) is 0 Å². The second kappa shape index (κ2) is 7.34. The molecule has 0 radical (unpaired) electrons. The third-order valence-corrected chi connectivity index (χ3v) is 4.60. The van der Waals surface area contributed by atoms with Crippen LogP contribution in [0.2, 0.25) is 0 Å². The van der Waals surface area contributed by atoms with Crippen LogP contribution >= 0.6 is 22.7 Å². The first kappa shape index (κ1) is 15.6. The lowest BCUT2D eigenvalue weighted by molar-refractivity contribution is -0.115. The highest BCUT2D eigenvalue weighted by molar-refractivity contribution is 7.14. The number of carbonyl (C=O) groups is 1. The molecule has 0 bridgehead atoms. The summed E-state index contributed by atoms with van der Waals surface area (Å²) >= 11 is 2.90. The van der Waals surface area contributed by atoms with Crippen LogP contribution in [-0.2, 0) is 11.2 Å². The van der Waals surface area contributed by atoms with Crippen molar-refractivity contribution < 1.29 is 9.53 Å². The number of nitrogens with one attached hydrogen (secondary N) is 1. The Morgan fingerprint density at radius 3 is 2.96 bits per heavy atom. The molecule has 1 N–H and O–H groups in total. The largest absolute Gasteiger partial charge is 0.493 e. The number of benzene rings is 1. The lowest BCUT2D eigenvalue weighted by atomic mass is 10.2. The average Bonchev–Trinajstić information content (AvgIpc) is 3.20. The smallest absolute Gasteiger partial charge is 0.232 e. The fourth-order valence-electron chi connectivity index (χ4n) is 2.05. The predicted molar refractivity (Wildman–Crippen MR) is 93.2 cm³/mol. The van der Waals surface area contributed by atoms with Gasteiger partial charge in [0, 0.05) is 17.0 Å². The molecule has 3 aromatic rings. The Kier molecular flexibility index (Phi) is 4.99. The monoisotopic (exact) mass is 345 g/mol. The maximum absolute atomic E-state index is 12.0. The highest BCUT2D eigenvalue weighted by Gasteiger charge is 2.12. The van der Waals surface area contributed by atoms with Crippen LogP contribution in [0.5, 0.6) is 5.75 Å². The normalized spacial score (nSPS) is 10.5. The van der Waals surface area contributed by atoms with E-state index in [1.807, 2.05) is 41.9 Å². The number of hydrogen-bond donors (Lipinski definition) is 1. The molecule has 0 saturated heterocycles. The molecule has 2 heterocycles. The topological polar surface area (TPSA) is 64.1 Å². The summed E-state index contributed by atoms with van der Waals surface area (Å²) in [5, 5.41) is 7.94. The lowest BCUT2D eigenvalue weighted by Crippen LogP contribution is -2.14. The molecule has 2 aromatic heterocycles. The van der Waals surface area contributed by atoms with Crippen molar-refractivity contribution in [2.24, 2.45) is 0 Å². The number of carbonyl (C=O) groups excluding carboxylic acids is 1. The highest BCUT2D eigenvalue weighted by atomic mass is 32.1. The lowest BCUT2D eigenvalue weighted by Gasteiger charge is -2.07. The van der Waals surface area contributed by atoms with E-state index in [2.05, 4.69) is 15.3 Å². The van der Waals surface area contributed by atoms with Crippen LogP contribution in [0.25, 0.3) is 10.6 Å². The molecule has 7 heteroatoms. The van der Waals surface area contributed by atoms with Gasteiger partial charge in [-0.2, -0.15) is 0 Å². The summed E-state index contributed by atoms with van der Waals surface area (Å²) < 4.78 is 5.63. The number of hydrogen-bond acceptors (Lipinski definition) is 6. The molecule has 0 atom stereocenters. The molecule has 118 valence electrons. The second-order valence-corrected chi connectivity index (χ2v) is 6.39. The van der Waals surface area contributed by atoms with Crippen LogP contribution in [0.1, 0.15) is 12.6 Å². The van der Waals surface area contributed by atoms with E-state index in [9.17, 15) is 4.79 Å². The Morgan fingerprint density at radius 2 is 2.17 bits per heavy atom. The third kappa shape index (κ3) is 3.94. The first-order chi connectivity index (χ1) is 11.3. The van der Waals surface area contributed by atoms with Gasteiger partial charge in [0.1, 0.15) is 10.8 Å². The van der Waals surface area contributed by atoms with Crippen LogP contribution in [0.3, 0.4) is 0 Å². The van der Waals surface area contributed by atoms with Crippen molar-refractivity contribution in [1.82, 2.24) is 9.97 Å². The summed E-state index contributed by atoms with van der Waals surface area (Å²) in [7, 11) is 0. The van der Waals surface area contributed by atoms with Gasteiger partial charge in [0.15, 0.2) is 5.13 Å². The molecular formula is C16H15N3O2S2. The van der Waals surface area contributed by atoms with E-state index in [0.29, 0.717) is 11.7 Å². The molecule has 23 heavy (non-hydrogen) atoms. The standard InChI is InChI=1S/C16H15N3O2S2/c1-2-21-13-6-4-3-5-12(13)15-18-11(10-23-15)9-14(20)19-16-17-7-8-22-16/h3-8,10H,2,9H2,1H3,(H,17,19,20). The molecule has 3 rings (SSSR count). The SMILES string of the molecule is CCOc1ccccc1-c1nc(CC(=O)Nc2nccs2)cs1.